The normalized spacial score (nSPS) is 9.21. The summed E-state index contributed by atoms with van der Waals surface area (Å²) in [5.41, 5.74) is 5.74. The fourth-order valence-corrected chi connectivity index (χ4v) is 0.945. The lowest BCUT2D eigenvalue weighted by atomic mass is 10.3. The molecule has 0 saturated carbocycles. The van der Waals surface area contributed by atoms with E-state index in [2.05, 4.69) is 17.5 Å². The summed E-state index contributed by atoms with van der Waals surface area (Å²) in [6.07, 6.45) is 0. The van der Waals surface area contributed by atoms with Gasteiger partial charge in [-0.15, -0.1) is 0 Å². The van der Waals surface area contributed by atoms with E-state index in [0.29, 0.717) is 11.4 Å². The highest BCUT2D eigenvalue weighted by molar-refractivity contribution is 7.82. The molecule has 0 atom stereocenters. The van der Waals surface area contributed by atoms with Crippen LogP contribution in [0.2, 0.25) is 0 Å². The van der Waals surface area contributed by atoms with Crippen LogP contribution in [0.15, 0.2) is 24.3 Å². The Hall–Kier alpha value is -1.62. The summed E-state index contributed by atoms with van der Waals surface area (Å²) in [6.45, 7) is 0. The molecule has 0 aliphatic carbocycles. The Balaban J connectivity index is 2.76. The second-order valence-corrected chi connectivity index (χ2v) is 2.99. The van der Waals surface area contributed by atoms with Crippen molar-refractivity contribution in [1.29, 1.82) is 0 Å². The van der Waals surface area contributed by atoms with Crippen molar-refractivity contribution in [3.8, 4) is 5.75 Å². The number of hydrogen-bond acceptors (Lipinski definition) is 3. The van der Waals surface area contributed by atoms with Crippen LogP contribution in [0.25, 0.3) is 0 Å². The molecule has 0 spiro atoms. The maximum atomic E-state index is 11.1. The molecule has 1 rings (SSSR count). The molecule has 0 radical (unpaired) electrons. The molecule has 14 heavy (non-hydrogen) atoms. The van der Waals surface area contributed by atoms with Crippen LogP contribution in [0, 0.1) is 0 Å². The molecule has 0 heterocycles. The lowest BCUT2D eigenvalue weighted by Gasteiger charge is -2.05. The first kappa shape index (κ1) is 10.5. The van der Waals surface area contributed by atoms with E-state index in [1.54, 1.807) is 31.4 Å². The van der Waals surface area contributed by atoms with E-state index in [9.17, 15) is 4.79 Å². The minimum Gasteiger partial charge on any atom is -0.497 e. The summed E-state index contributed by atoms with van der Waals surface area (Å²) in [5.74, 6) is 0.180. The zero-order chi connectivity index (χ0) is 10.6. The summed E-state index contributed by atoms with van der Waals surface area (Å²) in [7, 11) is 1.55. The van der Waals surface area contributed by atoms with Gasteiger partial charge in [-0.3, -0.25) is 4.79 Å². The SMILES string of the molecule is COc1cccc(NC(=O)C(N)=S)c1. The summed E-state index contributed by atoms with van der Waals surface area (Å²) in [4.78, 5) is 10.9. The zero-order valence-electron chi connectivity index (χ0n) is 7.61. The molecule has 0 unspecified atom stereocenters. The van der Waals surface area contributed by atoms with Crippen LogP contribution in [0.4, 0.5) is 5.69 Å². The first-order valence-electron chi connectivity index (χ1n) is 3.88. The van der Waals surface area contributed by atoms with E-state index in [1.165, 1.54) is 0 Å². The molecule has 1 aromatic carbocycles. The van der Waals surface area contributed by atoms with Crippen LogP contribution in [0.1, 0.15) is 0 Å². The van der Waals surface area contributed by atoms with Crippen molar-refractivity contribution in [2.75, 3.05) is 12.4 Å². The van der Waals surface area contributed by atoms with Crippen LogP contribution >= 0.6 is 12.2 Å². The van der Waals surface area contributed by atoms with Gasteiger partial charge in [0.25, 0.3) is 5.91 Å². The Morgan fingerprint density at radius 3 is 2.86 bits per heavy atom. The highest BCUT2D eigenvalue weighted by Gasteiger charge is 2.04. The number of hydrogen-bond donors (Lipinski definition) is 2. The number of methoxy groups -OCH3 is 1. The minimum absolute atomic E-state index is 0.187. The Labute approximate surface area is 87.0 Å². The third-order valence-corrected chi connectivity index (χ3v) is 1.74. The first-order valence-corrected chi connectivity index (χ1v) is 4.29. The largest absolute Gasteiger partial charge is 0.497 e. The maximum Gasteiger partial charge on any atom is 0.282 e. The van der Waals surface area contributed by atoms with Crippen LogP contribution in [-0.2, 0) is 4.79 Å². The zero-order valence-corrected chi connectivity index (χ0v) is 8.43. The fraction of sp³-hybridized carbons (Fsp3) is 0.111. The predicted molar refractivity (Wildman–Crippen MR) is 58.4 cm³/mol. The van der Waals surface area contributed by atoms with Crippen LogP contribution in [-0.4, -0.2) is 18.0 Å². The Morgan fingerprint density at radius 2 is 2.29 bits per heavy atom. The molecule has 0 aliphatic rings. The standard InChI is InChI=1S/C9H10N2O2S/c1-13-7-4-2-3-6(5-7)11-9(12)8(10)14/h2-5H,1H3,(H2,10,14)(H,11,12). The van der Waals surface area contributed by atoms with Gasteiger partial charge in [-0.25, -0.2) is 0 Å². The van der Waals surface area contributed by atoms with E-state index in [4.69, 9.17) is 10.5 Å². The van der Waals surface area contributed by atoms with Crippen molar-refractivity contribution in [3.05, 3.63) is 24.3 Å². The van der Waals surface area contributed by atoms with E-state index in [0.717, 1.165) is 0 Å². The smallest absolute Gasteiger partial charge is 0.282 e. The molecular weight excluding hydrogens is 200 g/mol. The number of anilines is 1. The number of thiocarbonyl (C=S) groups is 1. The van der Waals surface area contributed by atoms with Gasteiger partial charge in [-0.1, -0.05) is 18.3 Å². The van der Waals surface area contributed by atoms with Crippen LogP contribution < -0.4 is 15.8 Å². The molecule has 0 fully saturated rings. The van der Waals surface area contributed by atoms with Gasteiger partial charge in [0.1, 0.15) is 5.75 Å². The summed E-state index contributed by atoms with van der Waals surface area (Å²) >= 11 is 4.51. The molecule has 74 valence electrons. The number of nitrogens with two attached hydrogens (primary N) is 1. The first-order chi connectivity index (χ1) is 6.63. The third kappa shape index (κ3) is 2.70. The van der Waals surface area contributed by atoms with Crippen molar-refractivity contribution in [1.82, 2.24) is 0 Å². The predicted octanol–water partition coefficient (Wildman–Crippen LogP) is 0.920. The van der Waals surface area contributed by atoms with Crippen molar-refractivity contribution in [2.45, 2.75) is 0 Å². The van der Waals surface area contributed by atoms with Gasteiger partial charge in [0, 0.05) is 11.8 Å². The van der Waals surface area contributed by atoms with Crippen molar-refractivity contribution in [2.24, 2.45) is 5.73 Å². The molecule has 0 saturated heterocycles. The van der Waals surface area contributed by atoms with Gasteiger partial charge >= 0.3 is 0 Å². The van der Waals surface area contributed by atoms with E-state index in [1.807, 2.05) is 0 Å². The van der Waals surface area contributed by atoms with Crippen molar-refractivity contribution in [3.63, 3.8) is 0 Å². The molecule has 3 N–H and O–H groups in total. The van der Waals surface area contributed by atoms with E-state index in [-0.39, 0.29) is 4.99 Å². The fourth-order valence-electron chi connectivity index (χ4n) is 0.894. The van der Waals surface area contributed by atoms with Crippen LogP contribution in [0.5, 0.6) is 5.75 Å². The topological polar surface area (TPSA) is 64.3 Å². The molecular formula is C9H10N2O2S. The highest BCUT2D eigenvalue weighted by Crippen LogP contribution is 2.16. The van der Waals surface area contributed by atoms with Crippen molar-refractivity contribution < 1.29 is 9.53 Å². The summed E-state index contributed by atoms with van der Waals surface area (Å²) in [6, 6.07) is 6.93. The quantitative estimate of drug-likeness (QED) is 0.712. The molecule has 0 bridgehead atoms. The summed E-state index contributed by atoms with van der Waals surface area (Å²) < 4.78 is 4.98. The minimum atomic E-state index is -0.478. The second-order valence-electron chi connectivity index (χ2n) is 2.55. The molecule has 5 heteroatoms. The summed E-state index contributed by atoms with van der Waals surface area (Å²) in [5, 5.41) is 2.53. The van der Waals surface area contributed by atoms with Gasteiger partial charge in [-0.05, 0) is 12.1 Å². The van der Waals surface area contributed by atoms with Gasteiger partial charge in [0.2, 0.25) is 0 Å². The molecule has 4 nitrogen and oxygen atoms in total. The van der Waals surface area contributed by atoms with Gasteiger partial charge in [0.05, 0.1) is 7.11 Å². The molecule has 0 aromatic heterocycles. The highest BCUT2D eigenvalue weighted by atomic mass is 32.1. The van der Waals surface area contributed by atoms with Crippen LogP contribution in [0.3, 0.4) is 0 Å². The lowest BCUT2D eigenvalue weighted by Crippen LogP contribution is -2.27. The molecule has 1 aromatic rings. The second kappa shape index (κ2) is 4.57. The van der Waals surface area contributed by atoms with Crippen molar-refractivity contribution >= 4 is 28.8 Å². The number of nitrogens with one attached hydrogen (secondary N) is 1. The monoisotopic (exact) mass is 210 g/mol. The van der Waals surface area contributed by atoms with Gasteiger partial charge < -0.3 is 15.8 Å². The van der Waals surface area contributed by atoms with Gasteiger partial charge in [0.15, 0.2) is 4.99 Å². The third-order valence-electron chi connectivity index (χ3n) is 1.55. The number of amides is 1. The lowest BCUT2D eigenvalue weighted by molar-refractivity contribution is -0.110. The molecule has 0 aliphatic heterocycles. The Kier molecular flexibility index (Phi) is 3.41. The number of benzene rings is 1. The number of carbonyl (C=O) groups excluding carboxylic acids is 1. The Bertz CT molecular complexity index is 366. The maximum absolute atomic E-state index is 11.1. The average molecular weight is 210 g/mol. The number of ether oxygens (including phenoxy) is 1. The number of rotatable bonds is 2. The van der Waals surface area contributed by atoms with E-state index >= 15 is 0 Å². The molecule has 1 amide bonds. The van der Waals surface area contributed by atoms with Gasteiger partial charge in [-0.2, -0.15) is 0 Å². The average Bonchev–Trinajstić information content (AvgIpc) is 2.18. The Morgan fingerprint density at radius 1 is 1.57 bits per heavy atom. The number of carbonyl (C=O) groups is 1. The van der Waals surface area contributed by atoms with E-state index < -0.39 is 5.91 Å².